The van der Waals surface area contributed by atoms with Gasteiger partial charge in [-0.15, -0.1) is 10.2 Å². The van der Waals surface area contributed by atoms with Gasteiger partial charge in [0.05, 0.1) is 17.8 Å². The summed E-state index contributed by atoms with van der Waals surface area (Å²) in [6, 6.07) is 0. The van der Waals surface area contributed by atoms with Crippen molar-refractivity contribution in [3.8, 4) is 0 Å². The van der Waals surface area contributed by atoms with Gasteiger partial charge in [0.1, 0.15) is 17.9 Å². The fraction of sp³-hybridized carbons (Fsp3) is 0.571. The van der Waals surface area contributed by atoms with E-state index in [9.17, 15) is 4.79 Å². The molecule has 0 spiro atoms. The Kier molecular flexibility index (Phi) is 5.52. The first-order valence-corrected chi connectivity index (χ1v) is 11.2. The molecule has 5 rings (SSSR count). The molecule has 1 amide bonds. The first-order valence-electron chi connectivity index (χ1n) is 10.9. The molecule has 1 unspecified atom stereocenters. The van der Waals surface area contributed by atoms with E-state index in [4.69, 9.17) is 16.1 Å². The monoisotopic (exact) mass is 443 g/mol. The maximum absolute atomic E-state index is 13.3. The van der Waals surface area contributed by atoms with Crippen LogP contribution in [0.25, 0.3) is 0 Å². The molecule has 0 N–H and O–H groups in total. The molecule has 0 bridgehead atoms. The highest BCUT2D eigenvalue weighted by Gasteiger charge is 2.30. The molecule has 1 atom stereocenters. The second kappa shape index (κ2) is 8.45. The van der Waals surface area contributed by atoms with Crippen LogP contribution in [0.3, 0.4) is 0 Å². The number of aromatic nitrogens is 6. The van der Waals surface area contributed by atoms with Crippen molar-refractivity contribution in [3.63, 3.8) is 0 Å². The summed E-state index contributed by atoms with van der Waals surface area (Å²) in [6.07, 6.45) is 10.6. The van der Waals surface area contributed by atoms with Crippen molar-refractivity contribution >= 4 is 17.5 Å². The van der Waals surface area contributed by atoms with Crippen molar-refractivity contribution in [1.29, 1.82) is 0 Å². The van der Waals surface area contributed by atoms with E-state index >= 15 is 0 Å². The fourth-order valence-corrected chi connectivity index (χ4v) is 4.48. The van der Waals surface area contributed by atoms with Crippen LogP contribution in [-0.2, 0) is 19.5 Å². The second-order valence-electron chi connectivity index (χ2n) is 8.73. The van der Waals surface area contributed by atoms with Gasteiger partial charge in [0.2, 0.25) is 0 Å². The largest absolute Gasteiger partial charge is 0.361 e. The van der Waals surface area contributed by atoms with Crippen molar-refractivity contribution < 1.29 is 9.32 Å². The summed E-state index contributed by atoms with van der Waals surface area (Å²) in [6.45, 7) is 4.63. The zero-order valence-electron chi connectivity index (χ0n) is 17.6. The van der Waals surface area contributed by atoms with Gasteiger partial charge in [0.15, 0.2) is 5.69 Å². The predicted octanol–water partition coefficient (Wildman–Crippen LogP) is 2.98. The number of halogens is 1. The molecule has 1 saturated carbocycles. The molecular weight excluding hydrogens is 418 g/mol. The van der Waals surface area contributed by atoms with E-state index < -0.39 is 0 Å². The van der Waals surface area contributed by atoms with Gasteiger partial charge >= 0.3 is 0 Å². The molecule has 3 aromatic rings. The molecule has 3 aromatic heterocycles. The zero-order chi connectivity index (χ0) is 21.4. The van der Waals surface area contributed by atoms with E-state index in [1.54, 1.807) is 17.1 Å². The number of carbonyl (C=O) groups is 1. The molecule has 4 heterocycles. The first-order chi connectivity index (χ1) is 15.1. The number of amides is 1. The highest BCUT2D eigenvalue weighted by molar-refractivity contribution is 6.30. The van der Waals surface area contributed by atoms with Gasteiger partial charge in [-0.25, -0.2) is 0 Å². The van der Waals surface area contributed by atoms with Crippen LogP contribution in [0.1, 0.15) is 53.3 Å². The quantitative estimate of drug-likeness (QED) is 0.557. The van der Waals surface area contributed by atoms with Gasteiger partial charge in [-0.05, 0) is 44.4 Å². The third-order valence-electron chi connectivity index (χ3n) is 6.23. The molecule has 1 aliphatic heterocycles. The number of piperidine rings is 1. The van der Waals surface area contributed by atoms with E-state index in [1.165, 1.54) is 12.8 Å². The summed E-state index contributed by atoms with van der Waals surface area (Å²) >= 11 is 5.97. The summed E-state index contributed by atoms with van der Waals surface area (Å²) in [5, 5.41) is 17.3. The lowest BCUT2D eigenvalue weighted by Crippen LogP contribution is -2.41. The summed E-state index contributed by atoms with van der Waals surface area (Å²) in [7, 11) is 0. The van der Waals surface area contributed by atoms with Crippen molar-refractivity contribution in [3.05, 3.63) is 46.6 Å². The minimum atomic E-state index is -0.0887. The number of hydrogen-bond donors (Lipinski definition) is 0. The van der Waals surface area contributed by atoms with E-state index in [-0.39, 0.29) is 5.91 Å². The van der Waals surface area contributed by atoms with Crippen LogP contribution < -0.4 is 0 Å². The molecule has 0 radical (unpaired) electrons. The average Bonchev–Trinajstić information content (AvgIpc) is 3.13. The third-order valence-corrected chi connectivity index (χ3v) is 6.43. The fourth-order valence-electron chi connectivity index (χ4n) is 4.32. The average molecular weight is 444 g/mol. The van der Waals surface area contributed by atoms with Crippen LogP contribution >= 0.6 is 11.6 Å². The summed E-state index contributed by atoms with van der Waals surface area (Å²) in [4.78, 5) is 15.2. The number of rotatable bonds is 7. The molecule has 10 heteroatoms. The topological polar surface area (TPSA) is 94.9 Å². The Morgan fingerprint density at radius 1 is 1.29 bits per heavy atom. The normalized spacial score (nSPS) is 19.2. The first kappa shape index (κ1) is 20.2. The molecule has 31 heavy (non-hydrogen) atoms. The number of nitrogens with zero attached hydrogens (tertiary/aromatic N) is 7. The highest BCUT2D eigenvalue weighted by Crippen LogP contribution is 2.31. The van der Waals surface area contributed by atoms with Gasteiger partial charge < -0.3 is 14.0 Å². The summed E-state index contributed by atoms with van der Waals surface area (Å²) in [5.41, 5.74) is 1.11. The van der Waals surface area contributed by atoms with Gasteiger partial charge in [-0.2, -0.15) is 5.10 Å². The minimum Gasteiger partial charge on any atom is -0.361 e. The van der Waals surface area contributed by atoms with Crippen LogP contribution in [0.15, 0.2) is 23.2 Å². The molecule has 9 nitrogen and oxygen atoms in total. The smallest absolute Gasteiger partial charge is 0.276 e. The standard InChI is InChI=1S/C21H26ClN7O2/c1-14-18(12-29-11-17(22)8-24-29)20(26-31-14)21(30)27-6-2-3-16(10-27)7-19-25-23-13-28(19)9-15-4-5-15/h8,11,13,15-16H,2-7,9-10,12H2,1H3. The van der Waals surface area contributed by atoms with E-state index in [0.717, 1.165) is 49.7 Å². The van der Waals surface area contributed by atoms with E-state index in [0.29, 0.717) is 35.5 Å². The molecule has 164 valence electrons. The van der Waals surface area contributed by atoms with Crippen molar-refractivity contribution in [2.75, 3.05) is 13.1 Å². The second-order valence-corrected chi connectivity index (χ2v) is 9.16. The Balaban J connectivity index is 1.27. The molecule has 2 fully saturated rings. The lowest BCUT2D eigenvalue weighted by atomic mass is 9.94. The molecule has 1 aliphatic carbocycles. The Labute approximate surface area is 185 Å². The lowest BCUT2D eigenvalue weighted by molar-refractivity contribution is 0.0660. The van der Waals surface area contributed by atoms with Crippen molar-refractivity contribution in [2.24, 2.45) is 11.8 Å². The van der Waals surface area contributed by atoms with Crippen molar-refractivity contribution in [2.45, 2.75) is 52.1 Å². The van der Waals surface area contributed by atoms with Crippen molar-refractivity contribution in [1.82, 2.24) is 34.6 Å². The molecule has 2 aliphatic rings. The maximum Gasteiger partial charge on any atom is 0.276 e. The number of aryl methyl sites for hydroxylation is 1. The van der Waals surface area contributed by atoms with Gasteiger partial charge in [0, 0.05) is 37.8 Å². The molecule has 1 saturated heterocycles. The summed E-state index contributed by atoms with van der Waals surface area (Å²) in [5.74, 6) is 2.70. The van der Waals surface area contributed by atoms with Gasteiger partial charge in [-0.3, -0.25) is 9.48 Å². The molecular formula is C21H26ClN7O2. The summed E-state index contributed by atoms with van der Waals surface area (Å²) < 4.78 is 9.24. The van der Waals surface area contributed by atoms with Gasteiger partial charge in [-0.1, -0.05) is 16.8 Å². The lowest BCUT2D eigenvalue weighted by Gasteiger charge is -2.32. The maximum atomic E-state index is 13.3. The third kappa shape index (κ3) is 4.51. The Morgan fingerprint density at radius 3 is 2.94 bits per heavy atom. The Morgan fingerprint density at radius 2 is 2.16 bits per heavy atom. The number of carbonyl (C=O) groups excluding carboxylic acids is 1. The number of likely N-dealkylation sites (tertiary alicyclic amines) is 1. The minimum absolute atomic E-state index is 0.0887. The highest BCUT2D eigenvalue weighted by atomic mass is 35.5. The van der Waals surface area contributed by atoms with Crippen LogP contribution in [0.4, 0.5) is 0 Å². The van der Waals surface area contributed by atoms with Crippen LogP contribution in [0.5, 0.6) is 0 Å². The SMILES string of the molecule is Cc1onc(C(=O)N2CCCC(Cc3nncn3CC3CC3)C2)c1Cn1cc(Cl)cn1. The van der Waals surface area contributed by atoms with Crippen LogP contribution in [0.2, 0.25) is 5.02 Å². The van der Waals surface area contributed by atoms with Crippen LogP contribution in [0, 0.1) is 18.8 Å². The zero-order valence-corrected chi connectivity index (χ0v) is 18.3. The predicted molar refractivity (Wildman–Crippen MR) is 113 cm³/mol. The van der Waals surface area contributed by atoms with E-state index in [1.807, 2.05) is 18.2 Å². The Hall–Kier alpha value is -2.68. The number of hydrogen-bond acceptors (Lipinski definition) is 6. The van der Waals surface area contributed by atoms with Crippen LogP contribution in [-0.4, -0.2) is 53.6 Å². The van der Waals surface area contributed by atoms with Gasteiger partial charge in [0.25, 0.3) is 5.91 Å². The molecule has 0 aromatic carbocycles. The van der Waals surface area contributed by atoms with E-state index in [2.05, 4.69) is 25.0 Å². The Bertz CT molecular complexity index is 1070.